The van der Waals surface area contributed by atoms with E-state index in [-0.39, 0.29) is 52.7 Å². The fourth-order valence-electron chi connectivity index (χ4n) is 2.24. The number of aliphatic hydroxyl groups excluding tert-OH is 1. The Morgan fingerprint density at radius 2 is 2.04 bits per heavy atom. The highest BCUT2D eigenvalue weighted by atomic mass is 127. The van der Waals surface area contributed by atoms with Gasteiger partial charge in [-0.3, -0.25) is 9.79 Å². The summed E-state index contributed by atoms with van der Waals surface area (Å²) in [6.45, 7) is 8.16. The summed E-state index contributed by atoms with van der Waals surface area (Å²) in [4.78, 5) is 18.0. The van der Waals surface area contributed by atoms with Gasteiger partial charge in [0, 0.05) is 19.1 Å². The molecule has 1 unspecified atom stereocenters. The normalized spacial score (nSPS) is 13.4. The van der Waals surface area contributed by atoms with Crippen molar-refractivity contribution in [1.82, 2.24) is 15.5 Å². The van der Waals surface area contributed by atoms with E-state index in [1.807, 2.05) is 27.7 Å². The maximum absolute atomic E-state index is 12.2. The summed E-state index contributed by atoms with van der Waals surface area (Å²) in [6, 6.07) is 3.17. The van der Waals surface area contributed by atoms with Crippen LogP contribution in [-0.4, -0.2) is 74.4 Å². The van der Waals surface area contributed by atoms with Crippen molar-refractivity contribution in [2.45, 2.75) is 43.5 Å². The van der Waals surface area contributed by atoms with Gasteiger partial charge >= 0.3 is 0 Å². The van der Waals surface area contributed by atoms with E-state index in [0.717, 1.165) is 11.3 Å². The van der Waals surface area contributed by atoms with E-state index in [1.165, 1.54) is 6.07 Å². The summed E-state index contributed by atoms with van der Waals surface area (Å²) in [5, 5.41) is 17.7. The number of nitrogens with one attached hydrogen (secondary N) is 2. The van der Waals surface area contributed by atoms with Crippen molar-refractivity contribution < 1.29 is 18.3 Å². The highest BCUT2D eigenvalue weighted by molar-refractivity contribution is 14.0. The van der Waals surface area contributed by atoms with Gasteiger partial charge in [-0.15, -0.1) is 35.3 Å². The van der Waals surface area contributed by atoms with E-state index >= 15 is 0 Å². The molecule has 1 amide bonds. The first-order valence-electron chi connectivity index (χ1n) is 8.69. The minimum atomic E-state index is -3.53. The Labute approximate surface area is 188 Å². The molecule has 11 heteroatoms. The lowest BCUT2D eigenvalue weighted by Crippen LogP contribution is -2.49. The number of carbonyl (C=O) groups excluding carboxylic acids is 1. The van der Waals surface area contributed by atoms with Crippen LogP contribution in [-0.2, 0) is 14.6 Å². The largest absolute Gasteiger partial charge is 0.390 e. The number of likely N-dealkylation sites (N-methyl/N-ethyl adjacent to an activating group) is 1. The predicted molar refractivity (Wildman–Crippen MR) is 124 cm³/mol. The summed E-state index contributed by atoms with van der Waals surface area (Å²) < 4.78 is 24.6. The fraction of sp³-hybridized carbons (Fsp3) is 0.647. The third-order valence-corrected chi connectivity index (χ3v) is 6.54. The molecule has 162 valence electrons. The van der Waals surface area contributed by atoms with Gasteiger partial charge in [-0.05, 0) is 39.1 Å². The minimum Gasteiger partial charge on any atom is -0.390 e. The maximum Gasteiger partial charge on any atom is 0.240 e. The molecule has 0 aliphatic rings. The highest BCUT2D eigenvalue weighted by Crippen LogP contribution is 2.18. The Hall–Kier alpha value is -0.920. The molecule has 0 fully saturated rings. The van der Waals surface area contributed by atoms with Gasteiger partial charge in [0.25, 0.3) is 0 Å². The lowest BCUT2D eigenvalue weighted by Gasteiger charge is -2.25. The van der Waals surface area contributed by atoms with Gasteiger partial charge in [0.1, 0.15) is 4.21 Å². The summed E-state index contributed by atoms with van der Waals surface area (Å²) in [7, 11) is -1.83. The number of carbonyl (C=O) groups is 1. The smallest absolute Gasteiger partial charge is 0.240 e. The van der Waals surface area contributed by atoms with Crippen molar-refractivity contribution in [3.63, 3.8) is 0 Å². The second-order valence-corrected chi connectivity index (χ2v) is 10.4. The van der Waals surface area contributed by atoms with E-state index in [9.17, 15) is 18.3 Å². The molecule has 1 rings (SSSR count). The Bertz CT molecular complexity index is 731. The summed E-state index contributed by atoms with van der Waals surface area (Å²) in [5.41, 5.74) is -0.334. The van der Waals surface area contributed by atoms with Gasteiger partial charge in [-0.2, -0.15) is 0 Å². The molecule has 0 spiro atoms. The number of hydrogen-bond donors (Lipinski definition) is 3. The van der Waals surface area contributed by atoms with Crippen LogP contribution in [0.2, 0.25) is 0 Å². The molecule has 8 nitrogen and oxygen atoms in total. The van der Waals surface area contributed by atoms with E-state index in [1.54, 1.807) is 23.4 Å². The van der Waals surface area contributed by atoms with Crippen LogP contribution in [0.25, 0.3) is 0 Å². The number of hydrogen-bond acceptors (Lipinski definition) is 6. The lowest BCUT2D eigenvalue weighted by atomic mass is 10.1. The first kappa shape index (κ1) is 27.1. The second kappa shape index (κ2) is 11.9. The topological polar surface area (TPSA) is 111 Å². The van der Waals surface area contributed by atoms with Crippen LogP contribution in [0.1, 0.15) is 27.7 Å². The van der Waals surface area contributed by atoms with Crippen molar-refractivity contribution in [3.8, 4) is 0 Å². The fourth-order valence-corrected chi connectivity index (χ4v) is 4.71. The highest BCUT2D eigenvalue weighted by Gasteiger charge is 2.21. The predicted octanol–water partition coefficient (Wildman–Crippen LogP) is 1.31. The summed E-state index contributed by atoms with van der Waals surface area (Å²) >= 11 is 1.12. The van der Waals surface area contributed by atoms with Crippen LogP contribution in [0, 0.1) is 0 Å². The third-order valence-electron chi connectivity index (χ3n) is 3.26. The van der Waals surface area contributed by atoms with Crippen LogP contribution < -0.4 is 10.6 Å². The zero-order chi connectivity index (χ0) is 20.7. The number of nitrogens with zero attached hydrogens (tertiary/aromatic N) is 2. The number of rotatable bonds is 8. The maximum atomic E-state index is 12.2. The average Bonchev–Trinajstić information content (AvgIpc) is 3.04. The molecule has 1 aromatic rings. The quantitative estimate of drug-likeness (QED) is 0.258. The van der Waals surface area contributed by atoms with E-state index < -0.39 is 21.7 Å². The molecule has 0 radical (unpaired) electrons. The van der Waals surface area contributed by atoms with Crippen LogP contribution in [0.5, 0.6) is 0 Å². The van der Waals surface area contributed by atoms with Crippen molar-refractivity contribution in [1.29, 1.82) is 0 Å². The first-order valence-corrected chi connectivity index (χ1v) is 11.2. The van der Waals surface area contributed by atoms with Gasteiger partial charge in [-0.25, -0.2) is 8.42 Å². The molecule has 0 aliphatic carbocycles. The zero-order valence-corrected chi connectivity index (χ0v) is 20.9. The summed E-state index contributed by atoms with van der Waals surface area (Å²) in [5.74, 6) is -0.129. The number of aliphatic imine (C=N–C) groups is 1. The van der Waals surface area contributed by atoms with Gasteiger partial charge in [0.2, 0.25) is 5.91 Å². The van der Waals surface area contributed by atoms with Gasteiger partial charge in [-0.1, -0.05) is 6.07 Å². The third kappa shape index (κ3) is 10.0. The van der Waals surface area contributed by atoms with Crippen molar-refractivity contribution in [2.75, 3.05) is 32.4 Å². The van der Waals surface area contributed by atoms with E-state index in [2.05, 4.69) is 15.6 Å². The first-order chi connectivity index (χ1) is 12.4. The number of amides is 1. The molecule has 3 N–H and O–H groups in total. The van der Waals surface area contributed by atoms with Gasteiger partial charge in [0.05, 0.1) is 24.9 Å². The number of halogens is 1. The van der Waals surface area contributed by atoms with Crippen molar-refractivity contribution >= 4 is 57.0 Å². The average molecular weight is 546 g/mol. The van der Waals surface area contributed by atoms with E-state index in [4.69, 9.17) is 0 Å². The molecular weight excluding hydrogens is 515 g/mol. The number of sulfone groups is 1. The standard InChI is InChI=1S/C17H30N4O4S2.HI/c1-6-18-16(21(5)11-14(23)20-17(2,3)4)19-10-13(22)12-27(24,25)15-8-7-9-26-15;/h7-9,13,22H,6,10-12H2,1-5H3,(H,18,19)(H,20,23);1H. The zero-order valence-electron chi connectivity index (χ0n) is 16.9. The molecular formula is C17H31IN4O4S2. The number of guanidine groups is 1. The van der Waals surface area contributed by atoms with Crippen molar-refractivity contribution in [3.05, 3.63) is 17.5 Å². The Morgan fingerprint density at radius 1 is 1.39 bits per heavy atom. The van der Waals surface area contributed by atoms with Gasteiger partial charge in [0.15, 0.2) is 15.8 Å². The molecule has 1 heterocycles. The molecule has 28 heavy (non-hydrogen) atoms. The van der Waals surface area contributed by atoms with Gasteiger partial charge < -0.3 is 20.6 Å². The lowest BCUT2D eigenvalue weighted by molar-refractivity contribution is -0.122. The molecule has 0 aliphatic heterocycles. The Morgan fingerprint density at radius 3 is 2.54 bits per heavy atom. The number of aliphatic hydroxyl groups is 1. The molecule has 1 atom stereocenters. The van der Waals surface area contributed by atoms with Crippen LogP contribution in [0.15, 0.2) is 26.7 Å². The van der Waals surface area contributed by atoms with Crippen LogP contribution >= 0.6 is 35.3 Å². The Kier molecular flexibility index (Phi) is 11.5. The van der Waals surface area contributed by atoms with Crippen LogP contribution in [0.4, 0.5) is 0 Å². The molecule has 0 saturated heterocycles. The monoisotopic (exact) mass is 546 g/mol. The molecule has 0 saturated carbocycles. The minimum absolute atomic E-state index is 0. The molecule has 0 bridgehead atoms. The number of thiophene rings is 1. The van der Waals surface area contributed by atoms with E-state index in [0.29, 0.717) is 12.5 Å². The van der Waals surface area contributed by atoms with Crippen LogP contribution in [0.3, 0.4) is 0 Å². The molecule has 0 aromatic carbocycles. The Balaban J connectivity index is 0.00000729. The SMILES string of the molecule is CCNC(=NCC(O)CS(=O)(=O)c1cccs1)N(C)CC(=O)NC(C)(C)C.I. The summed E-state index contributed by atoms with van der Waals surface area (Å²) in [6.07, 6.45) is -1.14. The molecule has 1 aromatic heterocycles. The van der Waals surface area contributed by atoms with Crippen molar-refractivity contribution in [2.24, 2.45) is 4.99 Å². The second-order valence-electron chi connectivity index (χ2n) is 7.22.